The Morgan fingerprint density at radius 2 is 1.73 bits per heavy atom. The Morgan fingerprint density at radius 3 is 2.48 bits per heavy atom. The third-order valence-corrected chi connectivity index (χ3v) is 6.14. The van der Waals surface area contributed by atoms with Crippen LogP contribution in [0.5, 0.6) is 0 Å². The summed E-state index contributed by atoms with van der Waals surface area (Å²) in [5.74, 6) is 0.00213. The van der Waals surface area contributed by atoms with Crippen LogP contribution in [0.15, 0.2) is 54.6 Å². The Morgan fingerprint density at radius 1 is 0.970 bits per heavy atom. The van der Waals surface area contributed by atoms with Gasteiger partial charge in [-0.1, -0.05) is 34.6 Å². The van der Waals surface area contributed by atoms with Crippen LogP contribution in [0.3, 0.4) is 0 Å². The van der Waals surface area contributed by atoms with Crippen LogP contribution in [0.2, 0.25) is 0 Å². The lowest BCUT2D eigenvalue weighted by Gasteiger charge is -2.34. The number of piperazine rings is 1. The van der Waals surface area contributed by atoms with Gasteiger partial charge in [0, 0.05) is 31.9 Å². The number of aromatic nitrogens is 6. The summed E-state index contributed by atoms with van der Waals surface area (Å²) in [5, 5.41) is 24.1. The van der Waals surface area contributed by atoms with E-state index in [0.29, 0.717) is 12.2 Å². The van der Waals surface area contributed by atoms with Crippen LogP contribution in [0.4, 0.5) is 16.0 Å². The Bertz CT molecular complexity index is 1220. The van der Waals surface area contributed by atoms with E-state index in [1.807, 2.05) is 30.3 Å². The summed E-state index contributed by atoms with van der Waals surface area (Å²) in [4.78, 5) is 16.8. The zero-order valence-corrected chi connectivity index (χ0v) is 18.3. The summed E-state index contributed by atoms with van der Waals surface area (Å²) in [5.41, 5.74) is 1.42. The molecular weight excluding hydrogens is 445 g/mol. The van der Waals surface area contributed by atoms with Gasteiger partial charge in [0.25, 0.3) is 5.91 Å². The van der Waals surface area contributed by atoms with Crippen LogP contribution in [-0.2, 0) is 6.54 Å². The number of carbonyl (C=O) groups excluding carboxylic acids is 1. The van der Waals surface area contributed by atoms with E-state index in [1.165, 1.54) is 35.6 Å². The summed E-state index contributed by atoms with van der Waals surface area (Å²) < 4.78 is 14.8. The van der Waals surface area contributed by atoms with E-state index in [4.69, 9.17) is 0 Å². The van der Waals surface area contributed by atoms with Gasteiger partial charge in [0.05, 0.1) is 12.2 Å². The number of para-hydroxylation sites is 1. The SMILES string of the molecule is O=C(Nc1ccc(F)cc1)c1nnc(CN2CCN(c3nnnn3-c3ccccc3)CC2)s1. The van der Waals surface area contributed by atoms with E-state index in [0.717, 1.165) is 42.8 Å². The van der Waals surface area contributed by atoms with Crippen molar-refractivity contribution in [1.29, 1.82) is 0 Å². The third-order valence-electron chi connectivity index (χ3n) is 5.23. The van der Waals surface area contributed by atoms with Gasteiger partial charge in [-0.15, -0.1) is 10.2 Å². The molecule has 0 radical (unpaired) electrons. The molecule has 0 aliphatic carbocycles. The van der Waals surface area contributed by atoms with E-state index >= 15 is 0 Å². The van der Waals surface area contributed by atoms with Gasteiger partial charge >= 0.3 is 0 Å². The number of rotatable bonds is 6. The van der Waals surface area contributed by atoms with Gasteiger partial charge < -0.3 is 10.2 Å². The maximum atomic E-state index is 13.0. The minimum Gasteiger partial charge on any atom is -0.337 e. The summed E-state index contributed by atoms with van der Waals surface area (Å²) >= 11 is 1.26. The zero-order chi connectivity index (χ0) is 22.6. The molecule has 0 atom stereocenters. The van der Waals surface area contributed by atoms with Crippen molar-refractivity contribution in [2.24, 2.45) is 0 Å². The van der Waals surface area contributed by atoms with Crippen LogP contribution in [0.1, 0.15) is 14.8 Å². The predicted molar refractivity (Wildman–Crippen MR) is 121 cm³/mol. The molecule has 0 spiro atoms. The fraction of sp³-hybridized carbons (Fsp3) is 0.238. The highest BCUT2D eigenvalue weighted by Gasteiger charge is 2.23. The number of nitrogens with one attached hydrogen (secondary N) is 1. The fourth-order valence-electron chi connectivity index (χ4n) is 3.54. The van der Waals surface area contributed by atoms with Gasteiger partial charge in [-0.2, -0.15) is 4.68 Å². The van der Waals surface area contributed by atoms with Crippen molar-refractivity contribution in [3.05, 3.63) is 70.4 Å². The third kappa shape index (κ3) is 4.86. The van der Waals surface area contributed by atoms with Crippen molar-refractivity contribution < 1.29 is 9.18 Å². The molecule has 1 N–H and O–H groups in total. The molecule has 33 heavy (non-hydrogen) atoms. The zero-order valence-electron chi connectivity index (χ0n) is 17.5. The molecular formula is C21H20FN9OS. The quantitative estimate of drug-likeness (QED) is 0.462. The van der Waals surface area contributed by atoms with Crippen LogP contribution in [0.25, 0.3) is 5.69 Å². The first kappa shape index (κ1) is 21.1. The minimum atomic E-state index is -0.358. The molecule has 4 aromatic rings. The molecule has 1 aliphatic rings. The molecule has 0 unspecified atom stereocenters. The second-order valence-electron chi connectivity index (χ2n) is 7.45. The number of hydrogen-bond donors (Lipinski definition) is 1. The molecule has 2 aromatic carbocycles. The standard InChI is InChI=1S/C21H20FN9OS/c22-15-6-8-16(9-7-15)23-19(32)20-25-24-18(33-20)14-29-10-12-30(13-11-29)21-26-27-28-31(21)17-4-2-1-3-5-17/h1-9H,10-14H2,(H,23,32). The number of carbonyl (C=O) groups is 1. The molecule has 1 aliphatic heterocycles. The van der Waals surface area contributed by atoms with Crippen molar-refractivity contribution in [1.82, 2.24) is 35.3 Å². The van der Waals surface area contributed by atoms with Gasteiger partial charge in [-0.05, 0) is 46.8 Å². The predicted octanol–water partition coefficient (Wildman–Crippen LogP) is 2.23. The Labute approximate surface area is 192 Å². The normalized spacial score (nSPS) is 14.4. The van der Waals surface area contributed by atoms with Crippen molar-refractivity contribution in [3.63, 3.8) is 0 Å². The molecule has 12 heteroatoms. The molecule has 1 saturated heterocycles. The highest BCUT2D eigenvalue weighted by molar-refractivity contribution is 7.13. The van der Waals surface area contributed by atoms with Crippen molar-refractivity contribution >= 4 is 28.9 Å². The molecule has 3 heterocycles. The molecule has 168 valence electrons. The lowest BCUT2D eigenvalue weighted by molar-refractivity contribution is 0.102. The first-order valence-electron chi connectivity index (χ1n) is 10.4. The largest absolute Gasteiger partial charge is 0.337 e. The van der Waals surface area contributed by atoms with Crippen LogP contribution >= 0.6 is 11.3 Å². The first-order valence-corrected chi connectivity index (χ1v) is 11.2. The number of halogens is 1. The molecule has 10 nitrogen and oxygen atoms in total. The maximum absolute atomic E-state index is 13.0. The number of hydrogen-bond acceptors (Lipinski definition) is 9. The maximum Gasteiger partial charge on any atom is 0.286 e. The molecule has 2 aromatic heterocycles. The van der Waals surface area contributed by atoms with E-state index in [-0.39, 0.29) is 16.7 Å². The Kier molecular flexibility index (Phi) is 6.00. The van der Waals surface area contributed by atoms with Crippen molar-refractivity contribution in [2.45, 2.75) is 6.54 Å². The monoisotopic (exact) mass is 465 g/mol. The number of benzene rings is 2. The average molecular weight is 466 g/mol. The molecule has 5 rings (SSSR count). The average Bonchev–Trinajstić information content (AvgIpc) is 3.52. The second kappa shape index (κ2) is 9.38. The van der Waals surface area contributed by atoms with Gasteiger partial charge in [0.1, 0.15) is 10.8 Å². The lowest BCUT2D eigenvalue weighted by atomic mass is 10.3. The van der Waals surface area contributed by atoms with Crippen molar-refractivity contribution in [3.8, 4) is 5.69 Å². The minimum absolute atomic E-state index is 0.273. The summed E-state index contributed by atoms with van der Waals surface area (Å²) in [6.07, 6.45) is 0. The Balaban J connectivity index is 1.16. The highest BCUT2D eigenvalue weighted by Crippen LogP contribution is 2.19. The van der Waals surface area contributed by atoms with E-state index in [1.54, 1.807) is 4.68 Å². The van der Waals surface area contributed by atoms with Gasteiger partial charge in [0.2, 0.25) is 11.0 Å². The summed E-state index contributed by atoms with van der Waals surface area (Å²) in [6, 6.07) is 15.4. The second-order valence-corrected chi connectivity index (χ2v) is 8.51. The molecule has 1 fully saturated rings. The van der Waals surface area contributed by atoms with E-state index in [9.17, 15) is 9.18 Å². The van der Waals surface area contributed by atoms with Gasteiger partial charge in [-0.3, -0.25) is 9.69 Å². The van der Waals surface area contributed by atoms with Crippen molar-refractivity contribution in [2.75, 3.05) is 36.4 Å². The topological polar surface area (TPSA) is 105 Å². The number of anilines is 2. The van der Waals surface area contributed by atoms with E-state index in [2.05, 4.69) is 40.8 Å². The first-order chi connectivity index (χ1) is 16.2. The number of nitrogens with zero attached hydrogens (tertiary/aromatic N) is 8. The molecule has 0 saturated carbocycles. The van der Waals surface area contributed by atoms with Crippen LogP contribution in [0, 0.1) is 5.82 Å². The van der Waals surface area contributed by atoms with Gasteiger partial charge in [0.15, 0.2) is 0 Å². The molecule has 1 amide bonds. The molecule has 0 bridgehead atoms. The van der Waals surface area contributed by atoms with Gasteiger partial charge in [-0.25, -0.2) is 4.39 Å². The Hall–Kier alpha value is -3.77. The smallest absolute Gasteiger partial charge is 0.286 e. The lowest BCUT2D eigenvalue weighted by Crippen LogP contribution is -2.46. The van der Waals surface area contributed by atoms with Crippen LogP contribution < -0.4 is 10.2 Å². The number of amides is 1. The fourth-order valence-corrected chi connectivity index (χ4v) is 4.32. The number of tetrazole rings is 1. The van der Waals surface area contributed by atoms with Crippen LogP contribution in [-0.4, -0.2) is 67.4 Å². The summed E-state index contributed by atoms with van der Waals surface area (Å²) in [7, 11) is 0. The van der Waals surface area contributed by atoms with E-state index < -0.39 is 0 Å². The summed E-state index contributed by atoms with van der Waals surface area (Å²) in [6.45, 7) is 3.75. The highest BCUT2D eigenvalue weighted by atomic mass is 32.1.